The maximum absolute atomic E-state index is 12.8. The van der Waals surface area contributed by atoms with Crippen molar-refractivity contribution in [2.75, 3.05) is 6.61 Å². The van der Waals surface area contributed by atoms with Crippen molar-refractivity contribution in [1.82, 2.24) is 15.8 Å². The van der Waals surface area contributed by atoms with Crippen LogP contribution in [0.5, 0.6) is 0 Å². The average Bonchev–Trinajstić information content (AvgIpc) is 3.44. The standard InChI is InChI=1S/C21H22BrN3O6/c1-10(25-19(28)16-12-2-3-13(8-12)17(16)20(25)29)21(30)31-9-15(26)23-24-18(27)11-4-6-14(22)7-5-11/h4-7,10,12-13,16-17H,2-3,8-9H2,1H3,(H,23,26)(H,24,27)/t10-,12+,13+,16+,17+/m1/s1. The van der Waals surface area contributed by atoms with Gasteiger partial charge in [-0.1, -0.05) is 15.9 Å². The summed E-state index contributed by atoms with van der Waals surface area (Å²) >= 11 is 3.26. The van der Waals surface area contributed by atoms with Crippen molar-refractivity contribution in [3.05, 3.63) is 34.3 Å². The van der Waals surface area contributed by atoms with E-state index in [1.165, 1.54) is 6.92 Å². The highest BCUT2D eigenvalue weighted by Crippen LogP contribution is 2.56. The number of hydrazine groups is 1. The molecule has 3 aliphatic rings. The number of hydrogen-bond donors (Lipinski definition) is 2. The van der Waals surface area contributed by atoms with E-state index < -0.39 is 30.4 Å². The lowest BCUT2D eigenvalue weighted by atomic mass is 9.81. The number of nitrogens with zero attached hydrogens (tertiary/aromatic N) is 1. The number of rotatable bonds is 5. The zero-order valence-electron chi connectivity index (χ0n) is 16.8. The van der Waals surface area contributed by atoms with Gasteiger partial charge in [0.25, 0.3) is 11.8 Å². The van der Waals surface area contributed by atoms with Gasteiger partial charge in [-0.25, -0.2) is 4.79 Å². The Morgan fingerprint density at radius 3 is 2.23 bits per heavy atom. The topological polar surface area (TPSA) is 122 Å². The highest BCUT2D eigenvalue weighted by Gasteiger charge is 2.62. The van der Waals surface area contributed by atoms with Gasteiger partial charge in [0.15, 0.2) is 6.61 Å². The number of carbonyl (C=O) groups excluding carboxylic acids is 5. The first-order valence-corrected chi connectivity index (χ1v) is 11.0. The molecule has 4 amide bonds. The second kappa shape index (κ2) is 8.41. The maximum atomic E-state index is 12.8. The zero-order valence-corrected chi connectivity index (χ0v) is 18.4. The van der Waals surface area contributed by atoms with Crippen molar-refractivity contribution in [3.8, 4) is 0 Å². The fourth-order valence-corrected chi connectivity index (χ4v) is 5.28. The Bertz CT molecular complexity index is 921. The van der Waals surface area contributed by atoms with Crippen LogP contribution in [0.1, 0.15) is 36.5 Å². The van der Waals surface area contributed by atoms with Gasteiger partial charge in [0.05, 0.1) is 11.8 Å². The molecule has 0 unspecified atom stereocenters. The van der Waals surface area contributed by atoms with Crippen LogP contribution in [0.15, 0.2) is 28.7 Å². The van der Waals surface area contributed by atoms with Crippen molar-refractivity contribution >= 4 is 45.5 Å². The van der Waals surface area contributed by atoms with Crippen LogP contribution in [0.3, 0.4) is 0 Å². The van der Waals surface area contributed by atoms with Gasteiger partial charge in [-0.2, -0.15) is 0 Å². The van der Waals surface area contributed by atoms with E-state index in [1.54, 1.807) is 24.3 Å². The van der Waals surface area contributed by atoms with Gasteiger partial charge in [-0.05, 0) is 62.3 Å². The first-order valence-electron chi connectivity index (χ1n) is 10.2. The van der Waals surface area contributed by atoms with Crippen molar-refractivity contribution in [1.29, 1.82) is 0 Å². The Hall–Kier alpha value is -2.75. The first-order chi connectivity index (χ1) is 14.8. The molecule has 5 atom stereocenters. The molecule has 0 spiro atoms. The van der Waals surface area contributed by atoms with Crippen molar-refractivity contribution in [2.45, 2.75) is 32.2 Å². The number of likely N-dealkylation sites (tertiary alicyclic amines) is 1. The van der Waals surface area contributed by atoms with Gasteiger partial charge < -0.3 is 4.74 Å². The molecule has 1 aromatic carbocycles. The third-order valence-electron chi connectivity index (χ3n) is 6.46. The third-order valence-corrected chi connectivity index (χ3v) is 6.99. The molecule has 31 heavy (non-hydrogen) atoms. The number of ether oxygens (including phenoxy) is 1. The van der Waals surface area contributed by atoms with Gasteiger partial charge in [-0.3, -0.25) is 34.9 Å². The van der Waals surface area contributed by atoms with Crippen LogP contribution in [0.25, 0.3) is 0 Å². The quantitative estimate of drug-likeness (QED) is 0.362. The fraction of sp³-hybridized carbons (Fsp3) is 0.476. The summed E-state index contributed by atoms with van der Waals surface area (Å²) in [4.78, 5) is 62.8. The third kappa shape index (κ3) is 3.96. The predicted molar refractivity (Wildman–Crippen MR) is 110 cm³/mol. The van der Waals surface area contributed by atoms with E-state index in [0.29, 0.717) is 5.56 Å². The van der Waals surface area contributed by atoms with E-state index in [-0.39, 0.29) is 35.5 Å². The highest BCUT2D eigenvalue weighted by molar-refractivity contribution is 9.10. The summed E-state index contributed by atoms with van der Waals surface area (Å²) in [6.07, 6.45) is 2.80. The van der Waals surface area contributed by atoms with E-state index in [9.17, 15) is 24.0 Å². The summed E-state index contributed by atoms with van der Waals surface area (Å²) in [5.41, 5.74) is 4.71. The van der Waals surface area contributed by atoms with Gasteiger partial charge >= 0.3 is 5.97 Å². The summed E-state index contributed by atoms with van der Waals surface area (Å²) in [6.45, 7) is 0.770. The van der Waals surface area contributed by atoms with E-state index in [0.717, 1.165) is 28.6 Å². The molecular weight excluding hydrogens is 470 g/mol. The van der Waals surface area contributed by atoms with Crippen LogP contribution in [-0.2, 0) is 23.9 Å². The Morgan fingerprint density at radius 1 is 1.06 bits per heavy atom. The van der Waals surface area contributed by atoms with E-state index in [4.69, 9.17) is 4.74 Å². The molecular formula is C21H22BrN3O6. The molecule has 164 valence electrons. The SMILES string of the molecule is C[C@H](C(=O)OCC(=O)NNC(=O)c1ccc(Br)cc1)N1C(=O)[C@H]2[C@H]3CC[C@@H](C3)[C@@H]2C1=O. The van der Waals surface area contributed by atoms with Gasteiger partial charge in [0.2, 0.25) is 11.8 Å². The van der Waals surface area contributed by atoms with Crippen LogP contribution >= 0.6 is 15.9 Å². The van der Waals surface area contributed by atoms with E-state index in [1.807, 2.05) is 0 Å². The molecule has 1 aliphatic heterocycles. The molecule has 2 saturated carbocycles. The summed E-state index contributed by atoms with van der Waals surface area (Å²) < 4.78 is 5.77. The fourth-order valence-electron chi connectivity index (χ4n) is 5.01. The summed E-state index contributed by atoms with van der Waals surface area (Å²) in [5, 5.41) is 0. The lowest BCUT2D eigenvalue weighted by Gasteiger charge is -2.23. The summed E-state index contributed by atoms with van der Waals surface area (Å²) in [6, 6.07) is 5.40. The number of imide groups is 1. The number of fused-ring (bicyclic) bond motifs is 5. The maximum Gasteiger partial charge on any atom is 0.329 e. The lowest BCUT2D eigenvalue weighted by Crippen LogP contribution is -2.47. The van der Waals surface area contributed by atoms with Crippen molar-refractivity contribution in [3.63, 3.8) is 0 Å². The van der Waals surface area contributed by atoms with Crippen molar-refractivity contribution in [2.24, 2.45) is 23.7 Å². The Morgan fingerprint density at radius 2 is 1.65 bits per heavy atom. The molecule has 0 radical (unpaired) electrons. The minimum Gasteiger partial charge on any atom is -0.454 e. The Kier molecular flexibility index (Phi) is 5.83. The molecule has 1 saturated heterocycles. The van der Waals surface area contributed by atoms with E-state index in [2.05, 4.69) is 26.8 Å². The van der Waals surface area contributed by atoms with E-state index >= 15 is 0 Å². The number of amides is 4. The predicted octanol–water partition coefficient (Wildman–Crippen LogP) is 1.17. The second-order valence-electron chi connectivity index (χ2n) is 8.22. The number of esters is 1. The van der Waals surface area contributed by atoms with Crippen molar-refractivity contribution < 1.29 is 28.7 Å². The van der Waals surface area contributed by atoms with Gasteiger partial charge in [-0.15, -0.1) is 0 Å². The Balaban J connectivity index is 1.26. The number of carbonyl (C=O) groups is 5. The molecule has 2 aliphatic carbocycles. The summed E-state index contributed by atoms with van der Waals surface area (Å²) in [7, 11) is 0. The molecule has 1 heterocycles. The highest BCUT2D eigenvalue weighted by atomic mass is 79.9. The molecule has 9 nitrogen and oxygen atoms in total. The average molecular weight is 492 g/mol. The minimum absolute atomic E-state index is 0.222. The molecule has 0 aromatic heterocycles. The van der Waals surface area contributed by atoms with Gasteiger partial charge in [0.1, 0.15) is 6.04 Å². The largest absolute Gasteiger partial charge is 0.454 e. The van der Waals surface area contributed by atoms with Crippen LogP contribution in [0, 0.1) is 23.7 Å². The zero-order chi connectivity index (χ0) is 22.3. The molecule has 3 fully saturated rings. The lowest BCUT2D eigenvalue weighted by molar-refractivity contribution is -0.160. The van der Waals surface area contributed by atoms with Crippen LogP contribution in [0.2, 0.25) is 0 Å². The number of benzene rings is 1. The summed E-state index contributed by atoms with van der Waals surface area (Å²) in [5.74, 6) is -2.94. The molecule has 1 aromatic rings. The second-order valence-corrected chi connectivity index (χ2v) is 9.14. The smallest absolute Gasteiger partial charge is 0.329 e. The molecule has 10 heteroatoms. The number of hydrogen-bond acceptors (Lipinski definition) is 6. The minimum atomic E-state index is -1.10. The van der Waals surface area contributed by atoms with Crippen LogP contribution < -0.4 is 10.9 Å². The van der Waals surface area contributed by atoms with Gasteiger partial charge in [0, 0.05) is 10.0 Å². The normalized spacial score (nSPS) is 27.1. The number of halogens is 1. The van der Waals surface area contributed by atoms with Crippen LogP contribution in [0.4, 0.5) is 0 Å². The molecule has 4 rings (SSSR count). The molecule has 2 bridgehead atoms. The first kappa shape index (κ1) is 21.5. The Labute approximate surface area is 187 Å². The monoisotopic (exact) mass is 491 g/mol. The van der Waals surface area contributed by atoms with Crippen LogP contribution in [-0.4, -0.2) is 47.1 Å². The molecule has 2 N–H and O–H groups in total. The number of nitrogens with one attached hydrogen (secondary N) is 2.